The minimum Gasteiger partial charge on any atom is -0.508 e. The number of piperazine rings is 1. The number of benzene rings is 2. The molecular formula is C20H25BrN2O. The third-order valence-corrected chi connectivity index (χ3v) is 5.18. The van der Waals surface area contributed by atoms with Crippen LogP contribution in [-0.4, -0.2) is 47.6 Å². The van der Waals surface area contributed by atoms with E-state index in [2.05, 4.69) is 56.1 Å². The van der Waals surface area contributed by atoms with Crippen molar-refractivity contribution in [1.82, 2.24) is 9.80 Å². The average molecular weight is 389 g/mol. The van der Waals surface area contributed by atoms with Crippen LogP contribution < -0.4 is 0 Å². The number of halogens is 1. The molecule has 0 spiro atoms. The molecule has 0 unspecified atom stereocenters. The van der Waals surface area contributed by atoms with Crippen LogP contribution in [0, 0.1) is 0 Å². The van der Waals surface area contributed by atoms with Gasteiger partial charge in [0.25, 0.3) is 0 Å². The number of hydrogen-bond acceptors (Lipinski definition) is 3. The lowest BCUT2D eigenvalue weighted by molar-refractivity contribution is 0.125. The van der Waals surface area contributed by atoms with Crippen LogP contribution in [0.4, 0.5) is 0 Å². The molecule has 0 aliphatic carbocycles. The molecule has 1 saturated heterocycles. The predicted molar refractivity (Wildman–Crippen MR) is 102 cm³/mol. The second-order valence-electron chi connectivity index (χ2n) is 6.48. The summed E-state index contributed by atoms with van der Waals surface area (Å²) in [6.45, 7) is 6.36. The van der Waals surface area contributed by atoms with E-state index in [4.69, 9.17) is 0 Å². The van der Waals surface area contributed by atoms with Gasteiger partial charge in [-0.15, -0.1) is 0 Å². The molecule has 1 fully saturated rings. The molecule has 4 heteroatoms. The first-order valence-electron chi connectivity index (χ1n) is 8.67. The Hall–Kier alpha value is -1.36. The SMILES string of the molecule is Oc1ccc(Br)cc1CN1CCN(CCCc2ccccc2)CC1. The lowest BCUT2D eigenvalue weighted by Gasteiger charge is -2.34. The molecule has 0 saturated carbocycles. The van der Waals surface area contributed by atoms with Gasteiger partial charge in [-0.1, -0.05) is 46.3 Å². The summed E-state index contributed by atoms with van der Waals surface area (Å²) in [5.41, 5.74) is 2.43. The maximum absolute atomic E-state index is 9.98. The number of hydrogen-bond donors (Lipinski definition) is 1. The molecule has 0 aromatic heterocycles. The van der Waals surface area contributed by atoms with Gasteiger partial charge in [-0.25, -0.2) is 0 Å². The minimum absolute atomic E-state index is 0.392. The molecule has 3 rings (SSSR count). The fourth-order valence-corrected chi connectivity index (χ4v) is 3.65. The Morgan fingerprint density at radius 1 is 0.917 bits per heavy atom. The number of phenolic OH excluding ortho intramolecular Hbond substituents is 1. The fraction of sp³-hybridized carbons (Fsp3) is 0.400. The standard InChI is InChI=1S/C20H25BrN2O/c21-19-8-9-20(24)18(15-19)16-23-13-11-22(12-14-23)10-4-7-17-5-2-1-3-6-17/h1-3,5-6,8-9,15,24H,4,7,10-14,16H2. The van der Waals surface area contributed by atoms with E-state index in [0.29, 0.717) is 5.75 Å². The fourth-order valence-electron chi connectivity index (χ4n) is 3.24. The lowest BCUT2D eigenvalue weighted by Crippen LogP contribution is -2.46. The highest BCUT2D eigenvalue weighted by molar-refractivity contribution is 9.10. The normalized spacial score (nSPS) is 16.4. The Morgan fingerprint density at radius 3 is 2.38 bits per heavy atom. The summed E-state index contributed by atoms with van der Waals surface area (Å²) < 4.78 is 1.02. The zero-order valence-corrected chi connectivity index (χ0v) is 15.6. The minimum atomic E-state index is 0.392. The molecule has 1 aliphatic rings. The molecule has 2 aromatic rings. The van der Waals surface area contributed by atoms with Crippen LogP contribution in [0.3, 0.4) is 0 Å². The molecule has 0 amide bonds. The van der Waals surface area contributed by atoms with E-state index in [0.717, 1.165) is 49.2 Å². The van der Waals surface area contributed by atoms with E-state index in [1.807, 2.05) is 12.1 Å². The first kappa shape index (κ1) is 17.5. The number of rotatable bonds is 6. The van der Waals surface area contributed by atoms with Crippen LogP contribution in [0.2, 0.25) is 0 Å². The first-order valence-corrected chi connectivity index (χ1v) is 9.46. The number of nitrogens with zero attached hydrogens (tertiary/aromatic N) is 2. The van der Waals surface area contributed by atoms with Crippen molar-refractivity contribution in [3.05, 3.63) is 64.1 Å². The zero-order chi connectivity index (χ0) is 16.8. The molecule has 1 aliphatic heterocycles. The Kier molecular flexibility index (Phi) is 6.30. The highest BCUT2D eigenvalue weighted by atomic mass is 79.9. The average Bonchev–Trinajstić information content (AvgIpc) is 2.61. The summed E-state index contributed by atoms with van der Waals surface area (Å²) in [4.78, 5) is 4.98. The molecule has 3 nitrogen and oxygen atoms in total. The van der Waals surface area contributed by atoms with E-state index in [9.17, 15) is 5.11 Å². The van der Waals surface area contributed by atoms with Gasteiger partial charge in [0.1, 0.15) is 5.75 Å². The summed E-state index contributed by atoms with van der Waals surface area (Å²) in [6, 6.07) is 16.4. The van der Waals surface area contributed by atoms with Crippen molar-refractivity contribution in [3.8, 4) is 5.75 Å². The predicted octanol–water partition coefficient (Wildman–Crippen LogP) is 3.91. The quantitative estimate of drug-likeness (QED) is 0.812. The van der Waals surface area contributed by atoms with Crippen LogP contribution in [0.1, 0.15) is 17.5 Å². The monoisotopic (exact) mass is 388 g/mol. The van der Waals surface area contributed by atoms with E-state index < -0.39 is 0 Å². The van der Waals surface area contributed by atoms with Gasteiger partial charge in [-0.05, 0) is 43.1 Å². The van der Waals surface area contributed by atoms with Gasteiger partial charge < -0.3 is 10.0 Å². The largest absolute Gasteiger partial charge is 0.508 e. The number of aryl methyl sites for hydroxylation is 1. The van der Waals surface area contributed by atoms with Gasteiger partial charge >= 0.3 is 0 Å². The van der Waals surface area contributed by atoms with Crippen LogP contribution in [-0.2, 0) is 13.0 Å². The van der Waals surface area contributed by atoms with Crippen molar-refractivity contribution in [2.75, 3.05) is 32.7 Å². The summed E-state index contributed by atoms with van der Waals surface area (Å²) in [5, 5.41) is 9.98. The van der Waals surface area contributed by atoms with Gasteiger partial charge in [-0.3, -0.25) is 4.90 Å². The maximum atomic E-state index is 9.98. The summed E-state index contributed by atoms with van der Waals surface area (Å²) >= 11 is 3.48. The van der Waals surface area contributed by atoms with Gasteiger partial charge in [0.05, 0.1) is 0 Å². The summed E-state index contributed by atoms with van der Waals surface area (Å²) in [7, 11) is 0. The van der Waals surface area contributed by atoms with Crippen LogP contribution in [0.25, 0.3) is 0 Å². The van der Waals surface area contributed by atoms with E-state index in [1.165, 1.54) is 18.5 Å². The van der Waals surface area contributed by atoms with Crippen molar-refractivity contribution in [1.29, 1.82) is 0 Å². The third kappa shape index (κ3) is 5.07. The van der Waals surface area contributed by atoms with Crippen molar-refractivity contribution >= 4 is 15.9 Å². The first-order chi connectivity index (χ1) is 11.7. The van der Waals surface area contributed by atoms with Gasteiger partial charge in [0.2, 0.25) is 0 Å². The van der Waals surface area contributed by atoms with E-state index in [1.54, 1.807) is 6.07 Å². The molecule has 1 N–H and O–H groups in total. The second kappa shape index (κ2) is 8.65. The molecule has 24 heavy (non-hydrogen) atoms. The topological polar surface area (TPSA) is 26.7 Å². The lowest BCUT2D eigenvalue weighted by atomic mass is 10.1. The molecule has 0 radical (unpaired) electrons. The Labute approximate surface area is 153 Å². The van der Waals surface area contributed by atoms with Crippen molar-refractivity contribution in [2.45, 2.75) is 19.4 Å². The van der Waals surface area contributed by atoms with E-state index in [-0.39, 0.29) is 0 Å². The summed E-state index contributed by atoms with van der Waals surface area (Å²) in [5.74, 6) is 0.392. The summed E-state index contributed by atoms with van der Waals surface area (Å²) in [6.07, 6.45) is 2.38. The number of phenols is 1. The third-order valence-electron chi connectivity index (χ3n) is 4.68. The smallest absolute Gasteiger partial charge is 0.120 e. The van der Waals surface area contributed by atoms with Crippen LogP contribution >= 0.6 is 15.9 Å². The molecule has 0 bridgehead atoms. The van der Waals surface area contributed by atoms with Crippen LogP contribution in [0.15, 0.2) is 53.0 Å². The molecule has 128 valence electrons. The van der Waals surface area contributed by atoms with Crippen molar-refractivity contribution < 1.29 is 5.11 Å². The maximum Gasteiger partial charge on any atom is 0.120 e. The molecule has 2 aromatic carbocycles. The van der Waals surface area contributed by atoms with Crippen molar-refractivity contribution in [3.63, 3.8) is 0 Å². The highest BCUT2D eigenvalue weighted by Gasteiger charge is 2.17. The Morgan fingerprint density at radius 2 is 1.62 bits per heavy atom. The highest BCUT2D eigenvalue weighted by Crippen LogP contribution is 2.23. The van der Waals surface area contributed by atoms with Gasteiger partial charge in [0, 0.05) is 42.8 Å². The molecule has 1 heterocycles. The van der Waals surface area contributed by atoms with Gasteiger partial charge in [-0.2, -0.15) is 0 Å². The Balaban J connectivity index is 1.40. The van der Waals surface area contributed by atoms with Crippen molar-refractivity contribution in [2.24, 2.45) is 0 Å². The zero-order valence-electron chi connectivity index (χ0n) is 14.0. The van der Waals surface area contributed by atoms with Gasteiger partial charge in [0.15, 0.2) is 0 Å². The molecular weight excluding hydrogens is 364 g/mol. The second-order valence-corrected chi connectivity index (χ2v) is 7.40. The van der Waals surface area contributed by atoms with E-state index >= 15 is 0 Å². The number of aromatic hydroxyl groups is 1. The molecule has 0 atom stereocenters. The van der Waals surface area contributed by atoms with Crippen LogP contribution in [0.5, 0.6) is 5.75 Å². The Bertz CT molecular complexity index is 639.